The SMILES string of the molecule is Cc1nc(C(=O)N2CCOC(CO)C2)n[nH]1. The van der Waals surface area contributed by atoms with E-state index in [2.05, 4.69) is 15.2 Å². The molecule has 0 aliphatic carbocycles. The minimum absolute atomic E-state index is 0.0865. The molecule has 1 saturated heterocycles. The highest BCUT2D eigenvalue weighted by Crippen LogP contribution is 2.07. The molecule has 2 rings (SSSR count). The van der Waals surface area contributed by atoms with Crippen LogP contribution in [0.2, 0.25) is 0 Å². The van der Waals surface area contributed by atoms with Crippen LogP contribution in [0.3, 0.4) is 0 Å². The molecular weight excluding hydrogens is 212 g/mol. The standard InChI is InChI=1S/C9H14N4O3/c1-6-10-8(12-11-6)9(15)13-2-3-16-7(4-13)5-14/h7,14H,2-5H2,1H3,(H,10,11,12). The van der Waals surface area contributed by atoms with Crippen molar-refractivity contribution in [1.82, 2.24) is 20.1 Å². The number of amides is 1. The normalized spacial score (nSPS) is 21.1. The van der Waals surface area contributed by atoms with E-state index in [4.69, 9.17) is 9.84 Å². The number of aryl methyl sites for hydroxylation is 1. The Morgan fingerprint density at radius 3 is 3.19 bits per heavy atom. The number of hydrogen-bond donors (Lipinski definition) is 2. The molecule has 1 amide bonds. The summed E-state index contributed by atoms with van der Waals surface area (Å²) in [7, 11) is 0. The maximum atomic E-state index is 11.9. The summed E-state index contributed by atoms with van der Waals surface area (Å²) in [6.45, 7) is 2.96. The van der Waals surface area contributed by atoms with Gasteiger partial charge < -0.3 is 14.7 Å². The molecule has 0 aromatic carbocycles. The number of nitrogens with one attached hydrogen (secondary N) is 1. The first-order chi connectivity index (χ1) is 7.70. The van der Waals surface area contributed by atoms with Crippen molar-refractivity contribution in [2.45, 2.75) is 13.0 Å². The van der Waals surface area contributed by atoms with Gasteiger partial charge in [-0.2, -0.15) is 0 Å². The zero-order chi connectivity index (χ0) is 11.5. The second-order valence-corrected chi connectivity index (χ2v) is 3.67. The molecule has 1 fully saturated rings. The van der Waals surface area contributed by atoms with Crippen molar-refractivity contribution in [1.29, 1.82) is 0 Å². The van der Waals surface area contributed by atoms with Gasteiger partial charge in [0.15, 0.2) is 0 Å². The summed E-state index contributed by atoms with van der Waals surface area (Å²) >= 11 is 0. The van der Waals surface area contributed by atoms with Gasteiger partial charge >= 0.3 is 0 Å². The van der Waals surface area contributed by atoms with E-state index in [1.807, 2.05) is 0 Å². The number of aliphatic hydroxyl groups excluding tert-OH is 1. The van der Waals surface area contributed by atoms with Crippen molar-refractivity contribution in [3.8, 4) is 0 Å². The summed E-state index contributed by atoms with van der Waals surface area (Å²) in [6, 6.07) is 0. The van der Waals surface area contributed by atoms with Crippen LogP contribution < -0.4 is 0 Å². The molecule has 0 radical (unpaired) electrons. The smallest absolute Gasteiger partial charge is 0.293 e. The molecular formula is C9H14N4O3. The van der Waals surface area contributed by atoms with E-state index in [1.54, 1.807) is 11.8 Å². The molecule has 7 nitrogen and oxygen atoms in total. The number of hydrogen-bond acceptors (Lipinski definition) is 5. The first-order valence-electron chi connectivity index (χ1n) is 5.11. The summed E-state index contributed by atoms with van der Waals surface area (Å²) in [6.07, 6.45) is -0.308. The Morgan fingerprint density at radius 2 is 2.56 bits per heavy atom. The van der Waals surface area contributed by atoms with Gasteiger partial charge in [0, 0.05) is 13.1 Å². The van der Waals surface area contributed by atoms with Crippen LogP contribution in [-0.4, -0.2) is 63.5 Å². The third-order valence-electron chi connectivity index (χ3n) is 2.42. The van der Waals surface area contributed by atoms with Crippen LogP contribution in [0.25, 0.3) is 0 Å². The predicted molar refractivity (Wildman–Crippen MR) is 53.8 cm³/mol. The molecule has 0 bridgehead atoms. The van der Waals surface area contributed by atoms with E-state index in [9.17, 15) is 4.79 Å². The number of carbonyl (C=O) groups excluding carboxylic acids is 1. The molecule has 2 N–H and O–H groups in total. The fourth-order valence-corrected chi connectivity index (χ4v) is 1.59. The number of nitrogens with zero attached hydrogens (tertiary/aromatic N) is 3. The zero-order valence-electron chi connectivity index (χ0n) is 9.01. The molecule has 1 aromatic rings. The van der Waals surface area contributed by atoms with Crippen LogP contribution in [0.15, 0.2) is 0 Å². The van der Waals surface area contributed by atoms with Crippen LogP contribution in [0, 0.1) is 6.92 Å². The van der Waals surface area contributed by atoms with Gasteiger partial charge in [-0.1, -0.05) is 0 Å². The van der Waals surface area contributed by atoms with Crippen molar-refractivity contribution < 1.29 is 14.6 Å². The summed E-state index contributed by atoms with van der Waals surface area (Å²) < 4.78 is 5.26. The molecule has 1 unspecified atom stereocenters. The van der Waals surface area contributed by atoms with E-state index in [0.29, 0.717) is 25.5 Å². The highest BCUT2D eigenvalue weighted by molar-refractivity contribution is 5.90. The fraction of sp³-hybridized carbons (Fsp3) is 0.667. The number of aromatic amines is 1. The molecule has 88 valence electrons. The molecule has 0 saturated carbocycles. The minimum atomic E-state index is -0.308. The lowest BCUT2D eigenvalue weighted by Gasteiger charge is -2.31. The number of morpholine rings is 1. The predicted octanol–water partition coefficient (Wildman–Crippen LogP) is -1.05. The average Bonchev–Trinajstić information content (AvgIpc) is 2.75. The van der Waals surface area contributed by atoms with Crippen LogP contribution in [-0.2, 0) is 4.74 Å². The fourth-order valence-electron chi connectivity index (χ4n) is 1.59. The summed E-state index contributed by atoms with van der Waals surface area (Å²) in [5.74, 6) is 0.539. The Bertz CT molecular complexity index is 379. The number of aromatic nitrogens is 3. The van der Waals surface area contributed by atoms with E-state index in [1.165, 1.54) is 0 Å². The summed E-state index contributed by atoms with van der Waals surface area (Å²) in [4.78, 5) is 17.5. The van der Waals surface area contributed by atoms with Crippen molar-refractivity contribution in [2.24, 2.45) is 0 Å². The third-order valence-corrected chi connectivity index (χ3v) is 2.42. The second kappa shape index (κ2) is 4.58. The molecule has 16 heavy (non-hydrogen) atoms. The zero-order valence-corrected chi connectivity index (χ0v) is 9.01. The van der Waals surface area contributed by atoms with Crippen LogP contribution in [0.1, 0.15) is 16.4 Å². The molecule has 2 heterocycles. The van der Waals surface area contributed by atoms with Gasteiger partial charge in [0.05, 0.1) is 19.3 Å². The van der Waals surface area contributed by atoms with Crippen molar-refractivity contribution in [3.63, 3.8) is 0 Å². The first kappa shape index (κ1) is 11.0. The molecule has 1 aliphatic heterocycles. The lowest BCUT2D eigenvalue weighted by molar-refractivity contribution is -0.0450. The van der Waals surface area contributed by atoms with E-state index in [-0.39, 0.29) is 24.4 Å². The van der Waals surface area contributed by atoms with E-state index in [0.717, 1.165) is 0 Å². The Balaban J connectivity index is 2.04. The average molecular weight is 226 g/mol. The van der Waals surface area contributed by atoms with Crippen LogP contribution in [0.5, 0.6) is 0 Å². The Labute approximate surface area is 92.4 Å². The van der Waals surface area contributed by atoms with E-state index >= 15 is 0 Å². The second-order valence-electron chi connectivity index (χ2n) is 3.67. The molecule has 1 aromatic heterocycles. The van der Waals surface area contributed by atoms with Gasteiger partial charge in [-0.3, -0.25) is 9.89 Å². The summed E-state index contributed by atoms with van der Waals surface area (Å²) in [5, 5.41) is 15.4. The molecule has 1 atom stereocenters. The number of rotatable bonds is 2. The van der Waals surface area contributed by atoms with Crippen molar-refractivity contribution >= 4 is 5.91 Å². The van der Waals surface area contributed by atoms with Crippen molar-refractivity contribution in [2.75, 3.05) is 26.3 Å². The topological polar surface area (TPSA) is 91.3 Å². The molecule has 0 spiro atoms. The number of ether oxygens (including phenoxy) is 1. The number of carbonyl (C=O) groups is 1. The Hall–Kier alpha value is -1.47. The van der Waals surface area contributed by atoms with Gasteiger partial charge in [0.1, 0.15) is 5.82 Å². The number of H-pyrrole nitrogens is 1. The van der Waals surface area contributed by atoms with Crippen LogP contribution >= 0.6 is 0 Å². The quantitative estimate of drug-likeness (QED) is 0.671. The Morgan fingerprint density at radius 1 is 1.75 bits per heavy atom. The largest absolute Gasteiger partial charge is 0.394 e. The lowest BCUT2D eigenvalue weighted by Crippen LogP contribution is -2.47. The highest BCUT2D eigenvalue weighted by atomic mass is 16.5. The third kappa shape index (κ3) is 2.20. The Kier molecular flexibility index (Phi) is 3.16. The minimum Gasteiger partial charge on any atom is -0.394 e. The maximum absolute atomic E-state index is 11.9. The highest BCUT2D eigenvalue weighted by Gasteiger charge is 2.26. The number of aliphatic hydroxyl groups is 1. The molecule has 7 heteroatoms. The van der Waals surface area contributed by atoms with Gasteiger partial charge in [-0.25, -0.2) is 4.98 Å². The first-order valence-corrected chi connectivity index (χ1v) is 5.11. The van der Waals surface area contributed by atoms with Crippen LogP contribution in [0.4, 0.5) is 0 Å². The molecule has 1 aliphatic rings. The van der Waals surface area contributed by atoms with Crippen molar-refractivity contribution in [3.05, 3.63) is 11.6 Å². The van der Waals surface area contributed by atoms with Gasteiger partial charge in [0.2, 0.25) is 5.82 Å². The van der Waals surface area contributed by atoms with Gasteiger partial charge in [-0.15, -0.1) is 5.10 Å². The van der Waals surface area contributed by atoms with Gasteiger partial charge in [-0.05, 0) is 6.92 Å². The van der Waals surface area contributed by atoms with Gasteiger partial charge in [0.25, 0.3) is 5.91 Å². The summed E-state index contributed by atoms with van der Waals surface area (Å²) in [5.41, 5.74) is 0. The lowest BCUT2D eigenvalue weighted by atomic mass is 10.3. The maximum Gasteiger partial charge on any atom is 0.293 e. The monoisotopic (exact) mass is 226 g/mol. The van der Waals surface area contributed by atoms with E-state index < -0.39 is 0 Å².